The summed E-state index contributed by atoms with van der Waals surface area (Å²) >= 11 is 1.53. The van der Waals surface area contributed by atoms with Gasteiger partial charge in [0.05, 0.1) is 6.04 Å². The van der Waals surface area contributed by atoms with Crippen LogP contribution in [0.1, 0.15) is 30.7 Å². The van der Waals surface area contributed by atoms with Crippen molar-refractivity contribution in [1.29, 1.82) is 0 Å². The zero-order valence-corrected chi connectivity index (χ0v) is 11.4. The zero-order valence-electron chi connectivity index (χ0n) is 10.6. The standard InChI is InChI=1S/C13H20N2O2S/c1-10(13(17)15-6-2-3-7-15)14-9-11(16)12-5-4-8-18-12/h4-5,8,10-11,14,16H,2-3,6-7,9H2,1H3. The maximum absolute atomic E-state index is 12.0. The van der Waals surface area contributed by atoms with Crippen LogP contribution in [0.2, 0.25) is 0 Å². The predicted octanol–water partition coefficient (Wildman–Crippen LogP) is 1.38. The van der Waals surface area contributed by atoms with Crippen LogP contribution in [0, 0.1) is 0 Å². The molecule has 1 aromatic rings. The molecule has 2 heterocycles. The molecule has 0 aliphatic carbocycles. The highest BCUT2D eigenvalue weighted by molar-refractivity contribution is 7.10. The molecule has 4 nitrogen and oxygen atoms in total. The average molecular weight is 268 g/mol. The third-order valence-electron chi connectivity index (χ3n) is 3.28. The summed E-state index contributed by atoms with van der Waals surface area (Å²) in [6.45, 7) is 4.03. The Morgan fingerprint density at radius 3 is 2.89 bits per heavy atom. The van der Waals surface area contributed by atoms with Gasteiger partial charge in [-0.25, -0.2) is 0 Å². The summed E-state index contributed by atoms with van der Waals surface area (Å²) in [6.07, 6.45) is 1.69. The lowest BCUT2D eigenvalue weighted by Crippen LogP contribution is -2.44. The Morgan fingerprint density at radius 2 is 2.28 bits per heavy atom. The summed E-state index contributed by atoms with van der Waals surface area (Å²) in [5.74, 6) is 0.144. The van der Waals surface area contributed by atoms with Gasteiger partial charge in [-0.05, 0) is 31.2 Å². The lowest BCUT2D eigenvalue weighted by atomic mass is 10.2. The Balaban J connectivity index is 1.77. The van der Waals surface area contributed by atoms with E-state index >= 15 is 0 Å². The maximum atomic E-state index is 12.0. The van der Waals surface area contributed by atoms with E-state index in [1.165, 1.54) is 11.3 Å². The second-order valence-corrected chi connectivity index (χ2v) is 5.67. The minimum absolute atomic E-state index is 0.144. The van der Waals surface area contributed by atoms with Gasteiger partial charge in [0.25, 0.3) is 0 Å². The van der Waals surface area contributed by atoms with Crippen molar-refractivity contribution in [2.75, 3.05) is 19.6 Å². The van der Waals surface area contributed by atoms with E-state index in [2.05, 4.69) is 5.32 Å². The molecular weight excluding hydrogens is 248 g/mol. The first-order valence-electron chi connectivity index (χ1n) is 6.42. The first-order chi connectivity index (χ1) is 8.68. The van der Waals surface area contributed by atoms with E-state index in [4.69, 9.17) is 0 Å². The summed E-state index contributed by atoms with van der Waals surface area (Å²) < 4.78 is 0. The van der Waals surface area contributed by atoms with Crippen LogP contribution in [0.15, 0.2) is 17.5 Å². The number of carbonyl (C=O) groups excluding carboxylic acids is 1. The fourth-order valence-corrected chi connectivity index (χ4v) is 2.88. The number of nitrogens with one attached hydrogen (secondary N) is 1. The van der Waals surface area contributed by atoms with Crippen molar-refractivity contribution in [2.24, 2.45) is 0 Å². The lowest BCUT2D eigenvalue weighted by Gasteiger charge is -2.22. The minimum atomic E-state index is -0.529. The summed E-state index contributed by atoms with van der Waals surface area (Å²) in [5.41, 5.74) is 0. The fraction of sp³-hybridized carbons (Fsp3) is 0.615. The number of hydrogen-bond acceptors (Lipinski definition) is 4. The summed E-state index contributed by atoms with van der Waals surface area (Å²) in [7, 11) is 0. The van der Waals surface area contributed by atoms with Gasteiger partial charge in [0, 0.05) is 24.5 Å². The monoisotopic (exact) mass is 268 g/mol. The number of amides is 1. The SMILES string of the molecule is CC(NCC(O)c1cccs1)C(=O)N1CCCC1. The van der Waals surface area contributed by atoms with Gasteiger partial charge in [0.15, 0.2) is 0 Å². The number of carbonyl (C=O) groups is 1. The van der Waals surface area contributed by atoms with Crippen LogP contribution in [0.25, 0.3) is 0 Å². The Kier molecular flexibility index (Phi) is 4.74. The van der Waals surface area contributed by atoms with Gasteiger partial charge in [-0.2, -0.15) is 0 Å². The molecule has 1 aromatic heterocycles. The van der Waals surface area contributed by atoms with Gasteiger partial charge in [-0.3, -0.25) is 4.79 Å². The molecule has 0 bridgehead atoms. The largest absolute Gasteiger partial charge is 0.386 e. The van der Waals surface area contributed by atoms with Crippen molar-refractivity contribution < 1.29 is 9.90 Å². The number of rotatable bonds is 5. The van der Waals surface area contributed by atoms with Gasteiger partial charge in [-0.1, -0.05) is 6.07 Å². The molecule has 18 heavy (non-hydrogen) atoms. The zero-order chi connectivity index (χ0) is 13.0. The Morgan fingerprint density at radius 1 is 1.56 bits per heavy atom. The first-order valence-corrected chi connectivity index (χ1v) is 7.30. The van der Waals surface area contributed by atoms with Crippen LogP contribution in [0.4, 0.5) is 0 Å². The molecule has 2 atom stereocenters. The van der Waals surface area contributed by atoms with Crippen LogP contribution in [-0.2, 0) is 4.79 Å². The molecule has 1 fully saturated rings. The number of thiophene rings is 1. The highest BCUT2D eigenvalue weighted by Gasteiger charge is 2.23. The van der Waals surface area contributed by atoms with E-state index in [9.17, 15) is 9.90 Å². The molecule has 1 amide bonds. The lowest BCUT2D eigenvalue weighted by molar-refractivity contribution is -0.132. The quantitative estimate of drug-likeness (QED) is 0.848. The molecular formula is C13H20N2O2S. The van der Waals surface area contributed by atoms with Crippen LogP contribution in [-0.4, -0.2) is 41.6 Å². The highest BCUT2D eigenvalue weighted by atomic mass is 32.1. The molecule has 0 spiro atoms. The maximum Gasteiger partial charge on any atom is 0.239 e. The average Bonchev–Trinajstić information content (AvgIpc) is 3.05. The summed E-state index contributed by atoms with van der Waals surface area (Å²) in [6, 6.07) is 3.60. The number of aliphatic hydroxyl groups excluding tert-OH is 1. The molecule has 0 radical (unpaired) electrons. The second-order valence-electron chi connectivity index (χ2n) is 4.69. The van der Waals surface area contributed by atoms with Gasteiger partial charge in [0.2, 0.25) is 5.91 Å². The molecule has 0 saturated carbocycles. The Bertz CT molecular complexity index is 374. The Labute approximate surface area is 112 Å². The molecule has 0 aromatic carbocycles. The van der Waals surface area contributed by atoms with Gasteiger partial charge in [-0.15, -0.1) is 11.3 Å². The second kappa shape index (κ2) is 6.31. The molecule has 2 N–H and O–H groups in total. The van der Waals surface area contributed by atoms with Gasteiger partial charge < -0.3 is 15.3 Å². The van der Waals surface area contributed by atoms with Crippen molar-refractivity contribution in [3.63, 3.8) is 0 Å². The number of nitrogens with zero attached hydrogens (tertiary/aromatic N) is 1. The molecule has 1 aliphatic heterocycles. The van der Waals surface area contributed by atoms with Crippen molar-refractivity contribution in [2.45, 2.75) is 31.9 Å². The van der Waals surface area contributed by atoms with Gasteiger partial charge >= 0.3 is 0 Å². The van der Waals surface area contributed by atoms with E-state index in [-0.39, 0.29) is 11.9 Å². The summed E-state index contributed by atoms with van der Waals surface area (Å²) in [4.78, 5) is 14.9. The highest BCUT2D eigenvalue weighted by Crippen LogP contribution is 2.18. The van der Waals surface area contributed by atoms with Gasteiger partial charge in [0.1, 0.15) is 6.10 Å². The number of hydrogen-bond donors (Lipinski definition) is 2. The molecule has 5 heteroatoms. The van der Waals surface area contributed by atoms with E-state index in [0.717, 1.165) is 30.8 Å². The normalized spacial score (nSPS) is 18.9. The van der Waals surface area contributed by atoms with Crippen molar-refractivity contribution in [3.05, 3.63) is 22.4 Å². The molecule has 100 valence electrons. The Hall–Kier alpha value is -0.910. The van der Waals surface area contributed by atoms with E-state index in [0.29, 0.717) is 6.54 Å². The van der Waals surface area contributed by atoms with Crippen molar-refractivity contribution in [1.82, 2.24) is 10.2 Å². The van der Waals surface area contributed by atoms with E-state index in [1.54, 1.807) is 0 Å². The van der Waals surface area contributed by atoms with Crippen molar-refractivity contribution >= 4 is 17.2 Å². The minimum Gasteiger partial charge on any atom is -0.386 e. The van der Waals surface area contributed by atoms with Crippen LogP contribution in [0.3, 0.4) is 0 Å². The van der Waals surface area contributed by atoms with Crippen LogP contribution in [0.5, 0.6) is 0 Å². The molecule has 1 saturated heterocycles. The summed E-state index contributed by atoms with van der Waals surface area (Å²) in [5, 5.41) is 15.0. The fourth-order valence-electron chi connectivity index (χ4n) is 2.17. The third-order valence-corrected chi connectivity index (χ3v) is 4.25. The first kappa shape index (κ1) is 13.5. The van der Waals surface area contributed by atoms with Crippen LogP contribution < -0.4 is 5.32 Å². The molecule has 2 rings (SSSR count). The number of aliphatic hydroxyl groups is 1. The van der Waals surface area contributed by atoms with Crippen LogP contribution >= 0.6 is 11.3 Å². The third kappa shape index (κ3) is 3.31. The number of likely N-dealkylation sites (tertiary alicyclic amines) is 1. The molecule has 2 unspecified atom stereocenters. The van der Waals surface area contributed by atoms with E-state index in [1.807, 2.05) is 29.3 Å². The van der Waals surface area contributed by atoms with Crippen molar-refractivity contribution in [3.8, 4) is 0 Å². The smallest absolute Gasteiger partial charge is 0.239 e. The topological polar surface area (TPSA) is 52.6 Å². The van der Waals surface area contributed by atoms with E-state index < -0.39 is 6.10 Å². The molecule has 1 aliphatic rings. The predicted molar refractivity (Wildman–Crippen MR) is 72.6 cm³/mol.